The van der Waals surface area contributed by atoms with Gasteiger partial charge in [-0.15, -0.1) is 0 Å². The number of nitrogens with one attached hydrogen (secondary N) is 1. The summed E-state index contributed by atoms with van der Waals surface area (Å²) in [6.45, 7) is 2.16. The molecule has 3 nitrogen and oxygen atoms in total. The standard InChI is InChI=1S/C17H22ClNO2/c1-13-3-2-10-17(11-13,12-20)19-16(21)9-6-14-4-7-15(18)8-5-14/h4-9,13,20H,2-3,10-12H2,1H3,(H,19,21). The third-order valence-corrected chi connectivity index (χ3v) is 4.33. The third kappa shape index (κ3) is 4.58. The first-order valence-electron chi connectivity index (χ1n) is 7.40. The Kier molecular flexibility index (Phi) is 5.43. The van der Waals surface area contributed by atoms with E-state index in [0.717, 1.165) is 31.2 Å². The summed E-state index contributed by atoms with van der Waals surface area (Å²) in [5.74, 6) is 0.375. The van der Waals surface area contributed by atoms with E-state index >= 15 is 0 Å². The van der Waals surface area contributed by atoms with Crippen molar-refractivity contribution in [3.8, 4) is 0 Å². The minimum absolute atomic E-state index is 0.00212. The molecule has 2 N–H and O–H groups in total. The van der Waals surface area contributed by atoms with Crippen molar-refractivity contribution in [3.05, 3.63) is 40.9 Å². The van der Waals surface area contributed by atoms with Crippen LogP contribution in [-0.2, 0) is 4.79 Å². The SMILES string of the molecule is CC1CCCC(CO)(NC(=O)C=Cc2ccc(Cl)cc2)C1. The topological polar surface area (TPSA) is 49.3 Å². The number of aliphatic hydroxyl groups is 1. The van der Waals surface area contributed by atoms with Crippen molar-refractivity contribution in [3.63, 3.8) is 0 Å². The van der Waals surface area contributed by atoms with Crippen LogP contribution in [0.1, 0.15) is 38.2 Å². The molecule has 1 aromatic carbocycles. The molecule has 1 fully saturated rings. The molecule has 2 unspecified atom stereocenters. The zero-order chi connectivity index (χ0) is 15.3. The van der Waals surface area contributed by atoms with Crippen LogP contribution in [0.15, 0.2) is 30.3 Å². The highest BCUT2D eigenvalue weighted by Gasteiger charge is 2.35. The molecule has 0 bridgehead atoms. The van der Waals surface area contributed by atoms with E-state index in [2.05, 4.69) is 12.2 Å². The summed E-state index contributed by atoms with van der Waals surface area (Å²) in [4.78, 5) is 12.1. The van der Waals surface area contributed by atoms with E-state index in [-0.39, 0.29) is 12.5 Å². The summed E-state index contributed by atoms with van der Waals surface area (Å²) in [6, 6.07) is 7.29. The summed E-state index contributed by atoms with van der Waals surface area (Å²) in [5.41, 5.74) is 0.462. The molecule has 0 aromatic heterocycles. The molecular formula is C17H22ClNO2. The molecule has 2 rings (SSSR count). The first-order chi connectivity index (χ1) is 10.0. The molecule has 0 heterocycles. The number of carbonyl (C=O) groups excluding carboxylic acids is 1. The number of rotatable bonds is 4. The van der Waals surface area contributed by atoms with Crippen LogP contribution in [0.5, 0.6) is 0 Å². The number of halogens is 1. The van der Waals surface area contributed by atoms with Gasteiger partial charge < -0.3 is 10.4 Å². The highest BCUT2D eigenvalue weighted by Crippen LogP contribution is 2.31. The lowest BCUT2D eigenvalue weighted by Crippen LogP contribution is -2.53. The Labute approximate surface area is 131 Å². The summed E-state index contributed by atoms with van der Waals surface area (Å²) < 4.78 is 0. The van der Waals surface area contributed by atoms with Gasteiger partial charge in [-0.1, -0.05) is 43.5 Å². The molecule has 1 aliphatic rings. The van der Waals surface area contributed by atoms with Crippen LogP contribution >= 0.6 is 11.6 Å². The average molecular weight is 308 g/mol. The number of aliphatic hydroxyl groups excluding tert-OH is 1. The Bertz CT molecular complexity index is 512. The lowest BCUT2D eigenvalue weighted by atomic mass is 9.77. The predicted octanol–water partition coefficient (Wildman–Crippen LogP) is 3.41. The number of amides is 1. The highest BCUT2D eigenvalue weighted by molar-refractivity contribution is 6.30. The molecule has 21 heavy (non-hydrogen) atoms. The Morgan fingerprint density at radius 1 is 1.48 bits per heavy atom. The molecule has 1 aromatic rings. The van der Waals surface area contributed by atoms with Crippen molar-refractivity contribution >= 4 is 23.6 Å². The fraction of sp³-hybridized carbons (Fsp3) is 0.471. The second-order valence-electron chi connectivity index (χ2n) is 6.01. The van der Waals surface area contributed by atoms with E-state index in [0.29, 0.717) is 10.9 Å². The Balaban J connectivity index is 1.98. The minimum Gasteiger partial charge on any atom is -0.394 e. The fourth-order valence-corrected chi connectivity index (χ4v) is 3.13. The molecule has 0 aliphatic heterocycles. The van der Waals surface area contributed by atoms with Gasteiger partial charge in [0.15, 0.2) is 0 Å². The Morgan fingerprint density at radius 3 is 2.81 bits per heavy atom. The van der Waals surface area contributed by atoms with Crippen molar-refractivity contribution in [1.29, 1.82) is 0 Å². The molecular weight excluding hydrogens is 286 g/mol. The largest absolute Gasteiger partial charge is 0.394 e. The molecule has 2 atom stereocenters. The van der Waals surface area contributed by atoms with Gasteiger partial charge in [0.25, 0.3) is 0 Å². The smallest absolute Gasteiger partial charge is 0.244 e. The maximum atomic E-state index is 12.1. The van der Waals surface area contributed by atoms with E-state index < -0.39 is 5.54 Å². The minimum atomic E-state index is -0.459. The Hall–Kier alpha value is -1.32. The van der Waals surface area contributed by atoms with Gasteiger partial charge in [0.1, 0.15) is 0 Å². The average Bonchev–Trinajstić information content (AvgIpc) is 2.46. The van der Waals surface area contributed by atoms with Gasteiger partial charge in [-0.3, -0.25) is 4.79 Å². The summed E-state index contributed by atoms with van der Waals surface area (Å²) in [7, 11) is 0. The molecule has 114 valence electrons. The Morgan fingerprint density at radius 2 is 2.19 bits per heavy atom. The number of hydrogen-bond donors (Lipinski definition) is 2. The first-order valence-corrected chi connectivity index (χ1v) is 7.77. The molecule has 1 saturated carbocycles. The van der Waals surface area contributed by atoms with Crippen LogP contribution < -0.4 is 5.32 Å². The fourth-order valence-electron chi connectivity index (χ4n) is 3.01. The summed E-state index contributed by atoms with van der Waals surface area (Å²) in [6.07, 6.45) is 7.16. The van der Waals surface area contributed by atoms with Gasteiger partial charge >= 0.3 is 0 Å². The second-order valence-corrected chi connectivity index (χ2v) is 6.45. The monoisotopic (exact) mass is 307 g/mol. The van der Waals surface area contributed by atoms with Crippen LogP contribution in [-0.4, -0.2) is 23.2 Å². The summed E-state index contributed by atoms with van der Waals surface area (Å²) in [5, 5.41) is 13.3. The van der Waals surface area contributed by atoms with E-state index in [1.54, 1.807) is 18.2 Å². The molecule has 1 aliphatic carbocycles. The maximum absolute atomic E-state index is 12.1. The second kappa shape index (κ2) is 7.10. The van der Waals surface area contributed by atoms with Crippen LogP contribution in [0.4, 0.5) is 0 Å². The molecule has 0 saturated heterocycles. The molecule has 4 heteroatoms. The van der Waals surface area contributed by atoms with E-state index in [1.165, 1.54) is 6.08 Å². The molecule has 1 amide bonds. The van der Waals surface area contributed by atoms with Crippen molar-refractivity contribution < 1.29 is 9.90 Å². The molecule has 0 spiro atoms. The van der Waals surface area contributed by atoms with Gasteiger partial charge in [-0.2, -0.15) is 0 Å². The van der Waals surface area contributed by atoms with Crippen LogP contribution in [0.2, 0.25) is 5.02 Å². The van der Waals surface area contributed by atoms with Gasteiger partial charge in [0, 0.05) is 11.1 Å². The number of hydrogen-bond acceptors (Lipinski definition) is 2. The maximum Gasteiger partial charge on any atom is 0.244 e. The zero-order valence-electron chi connectivity index (χ0n) is 12.3. The quantitative estimate of drug-likeness (QED) is 0.838. The molecule has 0 radical (unpaired) electrons. The summed E-state index contributed by atoms with van der Waals surface area (Å²) >= 11 is 5.82. The van der Waals surface area contributed by atoms with E-state index in [9.17, 15) is 9.90 Å². The van der Waals surface area contributed by atoms with Crippen LogP contribution in [0.3, 0.4) is 0 Å². The zero-order valence-corrected chi connectivity index (χ0v) is 13.1. The lowest BCUT2D eigenvalue weighted by molar-refractivity contribution is -0.119. The predicted molar refractivity (Wildman–Crippen MR) is 86.1 cm³/mol. The lowest BCUT2D eigenvalue weighted by Gasteiger charge is -2.39. The van der Waals surface area contributed by atoms with Gasteiger partial charge in [0.05, 0.1) is 12.1 Å². The normalized spacial score (nSPS) is 26.0. The van der Waals surface area contributed by atoms with Crippen molar-refractivity contribution in [2.24, 2.45) is 5.92 Å². The van der Waals surface area contributed by atoms with Crippen molar-refractivity contribution in [2.75, 3.05) is 6.61 Å². The van der Waals surface area contributed by atoms with Gasteiger partial charge in [0.2, 0.25) is 5.91 Å². The highest BCUT2D eigenvalue weighted by atomic mass is 35.5. The third-order valence-electron chi connectivity index (χ3n) is 4.08. The van der Waals surface area contributed by atoms with Crippen molar-refractivity contribution in [1.82, 2.24) is 5.32 Å². The first kappa shape index (κ1) is 16.1. The number of carbonyl (C=O) groups is 1. The van der Waals surface area contributed by atoms with Crippen LogP contribution in [0.25, 0.3) is 6.08 Å². The number of benzene rings is 1. The van der Waals surface area contributed by atoms with Gasteiger partial charge in [-0.05, 0) is 42.5 Å². The van der Waals surface area contributed by atoms with Crippen LogP contribution in [0, 0.1) is 5.92 Å². The van der Waals surface area contributed by atoms with Gasteiger partial charge in [-0.25, -0.2) is 0 Å². The van der Waals surface area contributed by atoms with Crippen molar-refractivity contribution in [2.45, 2.75) is 38.1 Å². The van der Waals surface area contributed by atoms with E-state index in [1.807, 2.05) is 12.1 Å². The van der Waals surface area contributed by atoms with E-state index in [4.69, 9.17) is 11.6 Å².